The number of nitrogens with zero attached hydrogens (tertiary/aromatic N) is 2. The highest BCUT2D eigenvalue weighted by molar-refractivity contribution is 7.92. The highest BCUT2D eigenvalue weighted by Gasteiger charge is 2.34. The van der Waals surface area contributed by atoms with Gasteiger partial charge in [0.15, 0.2) is 0 Å². The first kappa shape index (κ1) is 31.2. The van der Waals surface area contributed by atoms with E-state index in [4.69, 9.17) is 11.6 Å². The molecule has 2 amide bonds. The molecule has 7 nitrogen and oxygen atoms in total. The van der Waals surface area contributed by atoms with Crippen molar-refractivity contribution in [2.45, 2.75) is 58.5 Å². The molecule has 3 aromatic carbocycles. The molecular weight excluding hydrogens is 546 g/mol. The molecule has 0 aliphatic heterocycles. The zero-order chi connectivity index (χ0) is 29.4. The minimum Gasteiger partial charge on any atom is -0.354 e. The minimum absolute atomic E-state index is 0.0570. The average molecular weight is 584 g/mol. The number of anilines is 1. The smallest absolute Gasteiger partial charge is 0.264 e. The van der Waals surface area contributed by atoms with Crippen molar-refractivity contribution in [3.63, 3.8) is 0 Å². The van der Waals surface area contributed by atoms with Crippen LogP contribution in [-0.2, 0) is 26.2 Å². The average Bonchev–Trinajstić information content (AvgIpc) is 2.92. The highest BCUT2D eigenvalue weighted by Crippen LogP contribution is 2.30. The number of hydrogen-bond acceptors (Lipinski definition) is 4. The second-order valence-electron chi connectivity index (χ2n) is 10.3. The van der Waals surface area contributed by atoms with Gasteiger partial charge in [0.1, 0.15) is 12.6 Å². The van der Waals surface area contributed by atoms with E-state index in [2.05, 4.69) is 5.32 Å². The number of benzene rings is 3. The van der Waals surface area contributed by atoms with Crippen LogP contribution in [0, 0.1) is 19.8 Å². The third kappa shape index (κ3) is 7.86. The molecule has 40 heavy (non-hydrogen) atoms. The van der Waals surface area contributed by atoms with Gasteiger partial charge in [-0.1, -0.05) is 86.5 Å². The molecule has 9 heteroatoms. The van der Waals surface area contributed by atoms with E-state index in [0.29, 0.717) is 29.2 Å². The molecule has 0 bridgehead atoms. The fourth-order valence-corrected chi connectivity index (χ4v) is 5.96. The summed E-state index contributed by atoms with van der Waals surface area (Å²) in [6, 6.07) is 20.0. The van der Waals surface area contributed by atoms with E-state index < -0.39 is 28.5 Å². The van der Waals surface area contributed by atoms with Crippen molar-refractivity contribution < 1.29 is 18.0 Å². The number of carbonyl (C=O) groups excluding carboxylic acids is 2. The molecule has 0 saturated heterocycles. The Labute approximate surface area is 243 Å². The molecule has 0 aliphatic carbocycles. The van der Waals surface area contributed by atoms with E-state index in [1.54, 1.807) is 37.3 Å². The van der Waals surface area contributed by atoms with Crippen LogP contribution in [0.4, 0.5) is 5.69 Å². The zero-order valence-electron chi connectivity index (χ0n) is 23.7. The Kier molecular flexibility index (Phi) is 10.8. The molecule has 3 aromatic rings. The molecule has 3 rings (SSSR count). The van der Waals surface area contributed by atoms with Crippen LogP contribution in [0.2, 0.25) is 5.02 Å². The maximum Gasteiger partial charge on any atom is 0.264 e. The van der Waals surface area contributed by atoms with Crippen molar-refractivity contribution in [1.82, 2.24) is 10.2 Å². The van der Waals surface area contributed by atoms with Gasteiger partial charge in [0, 0.05) is 18.1 Å². The van der Waals surface area contributed by atoms with Crippen molar-refractivity contribution in [3.05, 3.63) is 94.5 Å². The Hall–Kier alpha value is -3.36. The zero-order valence-corrected chi connectivity index (χ0v) is 25.3. The van der Waals surface area contributed by atoms with Gasteiger partial charge in [0.05, 0.1) is 10.6 Å². The number of halogens is 1. The van der Waals surface area contributed by atoms with Crippen molar-refractivity contribution in [1.29, 1.82) is 0 Å². The standard InChI is InChI=1S/C31H38ClN3O4S/c1-6-28(31(37)33-19-22(2)3)34(20-25-10-8-7-9-11-25)30(36)21-35(29-18-26(32)15-14-24(29)5)40(38,39)27-16-12-23(4)13-17-27/h7-18,22,28H,6,19-21H2,1-5H3,(H,33,37). The third-order valence-electron chi connectivity index (χ3n) is 6.59. The van der Waals surface area contributed by atoms with Gasteiger partial charge in [-0.3, -0.25) is 13.9 Å². The first-order valence-electron chi connectivity index (χ1n) is 13.4. The summed E-state index contributed by atoms with van der Waals surface area (Å²) in [6.45, 7) is 9.59. The van der Waals surface area contributed by atoms with Crippen LogP contribution >= 0.6 is 11.6 Å². The topological polar surface area (TPSA) is 86.8 Å². The summed E-state index contributed by atoms with van der Waals surface area (Å²) in [4.78, 5) is 28.9. The minimum atomic E-state index is -4.16. The Balaban J connectivity index is 2.07. The lowest BCUT2D eigenvalue weighted by Gasteiger charge is -2.33. The Morgan fingerprint density at radius 1 is 0.950 bits per heavy atom. The molecule has 0 aromatic heterocycles. The van der Waals surface area contributed by atoms with Crippen LogP contribution in [0.25, 0.3) is 0 Å². The van der Waals surface area contributed by atoms with Gasteiger partial charge in [-0.15, -0.1) is 0 Å². The largest absolute Gasteiger partial charge is 0.354 e. The number of carbonyl (C=O) groups is 2. The Bertz CT molecular complexity index is 1410. The second kappa shape index (κ2) is 13.8. The fraction of sp³-hybridized carbons (Fsp3) is 0.355. The normalized spacial score (nSPS) is 12.2. The molecular formula is C31H38ClN3O4S. The van der Waals surface area contributed by atoms with Crippen LogP contribution < -0.4 is 9.62 Å². The number of sulfonamides is 1. The lowest BCUT2D eigenvalue weighted by Crippen LogP contribution is -2.52. The quantitative estimate of drug-likeness (QED) is 0.295. The lowest BCUT2D eigenvalue weighted by molar-refractivity contribution is -0.140. The molecule has 1 unspecified atom stereocenters. The molecule has 214 valence electrons. The lowest BCUT2D eigenvalue weighted by atomic mass is 10.1. The summed E-state index contributed by atoms with van der Waals surface area (Å²) < 4.78 is 29.1. The predicted octanol–water partition coefficient (Wildman–Crippen LogP) is 5.73. The van der Waals surface area contributed by atoms with Crippen LogP contribution in [0.1, 0.15) is 43.9 Å². The molecule has 0 aliphatic rings. The maximum absolute atomic E-state index is 14.1. The van der Waals surface area contributed by atoms with Crippen molar-refractivity contribution in [2.24, 2.45) is 5.92 Å². The summed E-state index contributed by atoms with van der Waals surface area (Å²) >= 11 is 6.29. The number of rotatable bonds is 12. The van der Waals surface area contributed by atoms with Gasteiger partial charge in [0.2, 0.25) is 11.8 Å². The number of hydrogen-bond donors (Lipinski definition) is 1. The SMILES string of the molecule is CCC(C(=O)NCC(C)C)N(Cc1ccccc1)C(=O)CN(c1cc(Cl)ccc1C)S(=O)(=O)c1ccc(C)cc1. The number of nitrogens with one attached hydrogen (secondary N) is 1. The van der Waals surface area contributed by atoms with Crippen LogP contribution in [0.15, 0.2) is 77.7 Å². The van der Waals surface area contributed by atoms with E-state index in [0.717, 1.165) is 15.4 Å². The number of amides is 2. The maximum atomic E-state index is 14.1. The summed E-state index contributed by atoms with van der Waals surface area (Å²) in [5, 5.41) is 3.28. The molecule has 0 heterocycles. The van der Waals surface area contributed by atoms with Gasteiger partial charge < -0.3 is 10.2 Å². The molecule has 0 fully saturated rings. The van der Waals surface area contributed by atoms with Gasteiger partial charge in [-0.2, -0.15) is 0 Å². The third-order valence-corrected chi connectivity index (χ3v) is 8.60. The second-order valence-corrected chi connectivity index (χ2v) is 12.6. The Morgan fingerprint density at radius 3 is 2.20 bits per heavy atom. The van der Waals surface area contributed by atoms with Gasteiger partial charge in [-0.25, -0.2) is 8.42 Å². The fourth-order valence-electron chi connectivity index (χ4n) is 4.32. The highest BCUT2D eigenvalue weighted by atomic mass is 35.5. The first-order chi connectivity index (χ1) is 18.9. The van der Waals surface area contributed by atoms with E-state index in [9.17, 15) is 18.0 Å². The Morgan fingerprint density at radius 2 is 1.60 bits per heavy atom. The van der Waals surface area contributed by atoms with Crippen LogP contribution in [0.5, 0.6) is 0 Å². The molecule has 0 saturated carbocycles. The van der Waals surface area contributed by atoms with Crippen molar-refractivity contribution in [3.8, 4) is 0 Å². The summed E-state index contributed by atoms with van der Waals surface area (Å²) in [6.07, 6.45) is 0.364. The van der Waals surface area contributed by atoms with Gasteiger partial charge in [-0.05, 0) is 61.6 Å². The summed E-state index contributed by atoms with van der Waals surface area (Å²) in [5.41, 5.74) is 2.69. The van der Waals surface area contributed by atoms with E-state index in [1.807, 2.05) is 58.0 Å². The van der Waals surface area contributed by atoms with Crippen LogP contribution in [-0.4, -0.2) is 44.3 Å². The molecule has 1 N–H and O–H groups in total. The molecule has 1 atom stereocenters. The first-order valence-corrected chi connectivity index (χ1v) is 15.2. The monoisotopic (exact) mass is 583 g/mol. The van der Waals surface area contributed by atoms with Gasteiger partial charge >= 0.3 is 0 Å². The van der Waals surface area contributed by atoms with Crippen molar-refractivity contribution in [2.75, 3.05) is 17.4 Å². The van der Waals surface area contributed by atoms with Gasteiger partial charge in [0.25, 0.3) is 10.0 Å². The van der Waals surface area contributed by atoms with E-state index >= 15 is 0 Å². The molecule has 0 radical (unpaired) electrons. The summed E-state index contributed by atoms with van der Waals surface area (Å²) in [7, 11) is -4.16. The summed E-state index contributed by atoms with van der Waals surface area (Å²) in [5.74, 6) is -0.529. The van der Waals surface area contributed by atoms with E-state index in [1.165, 1.54) is 17.0 Å². The predicted molar refractivity (Wildman–Crippen MR) is 161 cm³/mol. The van der Waals surface area contributed by atoms with Crippen LogP contribution in [0.3, 0.4) is 0 Å². The number of aryl methyl sites for hydroxylation is 2. The molecule has 0 spiro atoms. The van der Waals surface area contributed by atoms with Crippen molar-refractivity contribution >= 4 is 39.1 Å². The van der Waals surface area contributed by atoms with E-state index in [-0.39, 0.29) is 23.3 Å².